The molecule has 2 heterocycles. The number of alkyl halides is 1. The third-order valence-electron chi connectivity index (χ3n) is 8.71. The highest BCUT2D eigenvalue weighted by Gasteiger charge is 2.59. The molecule has 3 atom stereocenters. The average molecular weight is 443 g/mol. The first-order valence-corrected chi connectivity index (χ1v) is 12.1. The molecule has 7 heteroatoms. The Hall–Kier alpha value is -2.02. The molecule has 1 saturated heterocycles. The number of hydrogen-bond acceptors (Lipinski definition) is 4. The smallest absolute Gasteiger partial charge is 0.240 e. The number of halogens is 1. The maximum atomic E-state index is 13.7. The van der Waals surface area contributed by atoms with E-state index in [9.17, 15) is 14.0 Å². The Labute approximate surface area is 189 Å². The molecule has 1 aliphatic heterocycles. The van der Waals surface area contributed by atoms with E-state index in [1.807, 2.05) is 30.9 Å². The number of nitrogens with zero attached hydrogens (tertiary/aromatic N) is 2. The van der Waals surface area contributed by atoms with Gasteiger partial charge in [-0.3, -0.25) is 19.5 Å². The first kappa shape index (κ1) is 21.8. The molecule has 0 aromatic carbocycles. The summed E-state index contributed by atoms with van der Waals surface area (Å²) >= 11 is 0. The Kier molecular flexibility index (Phi) is 5.51. The number of pyridine rings is 1. The van der Waals surface area contributed by atoms with E-state index in [1.54, 1.807) is 12.4 Å². The molecule has 6 rings (SSSR count). The number of amides is 2. The molecule has 1 aromatic heterocycles. The highest BCUT2D eigenvalue weighted by molar-refractivity contribution is 5.86. The van der Waals surface area contributed by atoms with E-state index in [0.717, 1.165) is 37.7 Å². The van der Waals surface area contributed by atoms with Crippen molar-refractivity contribution < 1.29 is 14.0 Å². The van der Waals surface area contributed by atoms with Crippen LogP contribution in [-0.2, 0) is 16.1 Å². The maximum absolute atomic E-state index is 13.7. The lowest BCUT2D eigenvalue weighted by Gasteiger charge is -2.59. The third-order valence-corrected chi connectivity index (χ3v) is 8.71. The highest BCUT2D eigenvalue weighted by atomic mass is 19.1. The van der Waals surface area contributed by atoms with Gasteiger partial charge in [0.15, 0.2) is 0 Å². The molecule has 5 aliphatic rings. The molecular formula is C25H35FN4O2. The van der Waals surface area contributed by atoms with Gasteiger partial charge in [0.05, 0.1) is 11.0 Å². The molecule has 6 nitrogen and oxygen atoms in total. The van der Waals surface area contributed by atoms with E-state index in [1.165, 1.54) is 0 Å². The van der Waals surface area contributed by atoms with Crippen molar-refractivity contribution in [2.45, 2.75) is 76.7 Å². The number of nitrogens with one attached hydrogen (secondary N) is 2. The van der Waals surface area contributed by atoms with Crippen LogP contribution in [0.2, 0.25) is 0 Å². The Morgan fingerprint density at radius 3 is 2.62 bits per heavy atom. The molecular weight excluding hydrogens is 407 g/mol. The molecule has 0 spiro atoms. The molecule has 5 fully saturated rings. The first-order chi connectivity index (χ1) is 15.3. The van der Waals surface area contributed by atoms with Crippen molar-refractivity contribution in [2.75, 3.05) is 13.1 Å². The quantitative estimate of drug-likeness (QED) is 0.711. The van der Waals surface area contributed by atoms with Crippen LogP contribution in [0, 0.1) is 23.2 Å². The van der Waals surface area contributed by atoms with Crippen LogP contribution in [0.15, 0.2) is 24.5 Å². The predicted molar refractivity (Wildman–Crippen MR) is 119 cm³/mol. The minimum absolute atomic E-state index is 0.000785. The van der Waals surface area contributed by atoms with Gasteiger partial charge in [-0.15, -0.1) is 0 Å². The Bertz CT molecular complexity index is 860. The lowest BCUT2D eigenvalue weighted by atomic mass is 9.47. The fourth-order valence-corrected chi connectivity index (χ4v) is 7.11. The number of aromatic nitrogens is 1. The second-order valence-electron chi connectivity index (χ2n) is 11.2. The van der Waals surface area contributed by atoms with Gasteiger partial charge >= 0.3 is 0 Å². The molecule has 0 radical (unpaired) electrons. The largest absolute Gasteiger partial charge is 0.351 e. The zero-order valence-electron chi connectivity index (χ0n) is 19.1. The summed E-state index contributed by atoms with van der Waals surface area (Å²) in [5.41, 5.74) is -0.00414. The Morgan fingerprint density at radius 2 is 2.00 bits per heavy atom. The van der Waals surface area contributed by atoms with Crippen molar-refractivity contribution in [2.24, 2.45) is 23.2 Å². The Morgan fingerprint density at radius 1 is 1.25 bits per heavy atom. The molecule has 2 N–H and O–H groups in total. The maximum Gasteiger partial charge on any atom is 0.240 e. The molecule has 2 amide bonds. The van der Waals surface area contributed by atoms with Crippen molar-refractivity contribution in [1.82, 2.24) is 20.5 Å². The van der Waals surface area contributed by atoms with Gasteiger partial charge < -0.3 is 10.6 Å². The molecule has 32 heavy (non-hydrogen) atoms. The Balaban J connectivity index is 1.24. The number of likely N-dealkylation sites (tertiary alicyclic amines) is 1. The minimum Gasteiger partial charge on any atom is -0.351 e. The van der Waals surface area contributed by atoms with E-state index in [4.69, 9.17) is 0 Å². The summed E-state index contributed by atoms with van der Waals surface area (Å²) in [6.45, 7) is 5.28. The van der Waals surface area contributed by atoms with Crippen molar-refractivity contribution in [1.29, 1.82) is 0 Å². The van der Waals surface area contributed by atoms with Gasteiger partial charge in [0.1, 0.15) is 6.17 Å². The fraction of sp³-hybridized carbons (Fsp3) is 0.720. The third kappa shape index (κ3) is 3.82. The minimum atomic E-state index is -0.840. The van der Waals surface area contributed by atoms with E-state index in [-0.39, 0.29) is 23.3 Å². The number of hydrogen-bond donors (Lipinski definition) is 2. The van der Waals surface area contributed by atoms with Gasteiger partial charge in [0.25, 0.3) is 0 Å². The summed E-state index contributed by atoms with van der Waals surface area (Å²) in [7, 11) is 0. The summed E-state index contributed by atoms with van der Waals surface area (Å²) in [4.78, 5) is 32.7. The van der Waals surface area contributed by atoms with Crippen LogP contribution in [0.4, 0.5) is 4.39 Å². The van der Waals surface area contributed by atoms with Gasteiger partial charge in [-0.25, -0.2) is 4.39 Å². The SMILES string of the molecule is CC(C)(C(=O)NC1C2CC3CC1CC(C(=O)NCc1cccnc1)(C3)C2)N1CC[C@@H](F)C1. The van der Waals surface area contributed by atoms with Gasteiger partial charge in [-0.05, 0) is 81.8 Å². The van der Waals surface area contributed by atoms with Crippen LogP contribution in [-0.4, -0.2) is 52.5 Å². The molecule has 4 saturated carbocycles. The van der Waals surface area contributed by atoms with E-state index in [0.29, 0.717) is 43.8 Å². The van der Waals surface area contributed by atoms with E-state index >= 15 is 0 Å². The van der Waals surface area contributed by atoms with E-state index < -0.39 is 11.7 Å². The van der Waals surface area contributed by atoms with Crippen LogP contribution in [0.3, 0.4) is 0 Å². The van der Waals surface area contributed by atoms with Gasteiger partial charge in [0, 0.05) is 38.1 Å². The highest BCUT2D eigenvalue weighted by Crippen LogP contribution is 2.60. The molecule has 1 aromatic rings. The van der Waals surface area contributed by atoms with Gasteiger partial charge in [-0.2, -0.15) is 0 Å². The van der Waals surface area contributed by atoms with Gasteiger partial charge in [-0.1, -0.05) is 6.07 Å². The molecule has 4 aliphatic carbocycles. The van der Waals surface area contributed by atoms with Crippen molar-refractivity contribution in [3.63, 3.8) is 0 Å². The summed E-state index contributed by atoms with van der Waals surface area (Å²) in [6.07, 6.45) is 8.04. The molecule has 4 bridgehead atoms. The van der Waals surface area contributed by atoms with Crippen LogP contribution in [0.5, 0.6) is 0 Å². The lowest BCUT2D eigenvalue weighted by molar-refractivity contribution is -0.152. The normalized spacial score (nSPS) is 36.3. The summed E-state index contributed by atoms with van der Waals surface area (Å²) in [6, 6.07) is 3.99. The zero-order chi connectivity index (χ0) is 22.5. The number of carbonyl (C=O) groups is 2. The van der Waals surface area contributed by atoms with E-state index in [2.05, 4.69) is 15.6 Å². The van der Waals surface area contributed by atoms with Gasteiger partial charge in [0.2, 0.25) is 11.8 Å². The van der Waals surface area contributed by atoms with Crippen molar-refractivity contribution >= 4 is 11.8 Å². The first-order valence-electron chi connectivity index (χ1n) is 12.1. The number of carbonyl (C=O) groups excluding carboxylic acids is 2. The van der Waals surface area contributed by atoms with Crippen LogP contribution >= 0.6 is 0 Å². The predicted octanol–water partition coefficient (Wildman–Crippen LogP) is 2.83. The summed E-state index contributed by atoms with van der Waals surface area (Å²) < 4.78 is 13.7. The topological polar surface area (TPSA) is 74.3 Å². The standard InChI is InChI=1S/C25H35FN4O2/c1-24(2,30-7-5-20(26)15-30)22(31)29-21-18-8-17-9-19(21)12-25(10-17,11-18)23(32)28-14-16-4-3-6-27-13-16/h3-4,6,13,17-21H,5,7-12,14-15H2,1-2H3,(H,28,32)(H,29,31)/t17?,18?,19?,20-,21?,25?/m1/s1. The van der Waals surface area contributed by atoms with Crippen molar-refractivity contribution in [3.05, 3.63) is 30.1 Å². The van der Waals surface area contributed by atoms with Crippen LogP contribution in [0.1, 0.15) is 57.9 Å². The molecule has 174 valence electrons. The second-order valence-corrected chi connectivity index (χ2v) is 11.2. The summed E-state index contributed by atoms with van der Waals surface area (Å²) in [5, 5.41) is 6.53. The summed E-state index contributed by atoms with van der Waals surface area (Å²) in [5.74, 6) is 1.43. The average Bonchev–Trinajstić information content (AvgIpc) is 3.21. The zero-order valence-corrected chi connectivity index (χ0v) is 19.1. The fourth-order valence-electron chi connectivity index (χ4n) is 7.11. The monoisotopic (exact) mass is 442 g/mol. The van der Waals surface area contributed by atoms with Crippen LogP contribution in [0.25, 0.3) is 0 Å². The second kappa shape index (κ2) is 8.08. The molecule has 2 unspecified atom stereocenters. The van der Waals surface area contributed by atoms with Crippen molar-refractivity contribution in [3.8, 4) is 0 Å². The van der Waals surface area contributed by atoms with Crippen LogP contribution < -0.4 is 10.6 Å². The number of rotatable bonds is 6. The lowest BCUT2D eigenvalue weighted by Crippen LogP contribution is -2.65.